The number of halogens is 1. The Morgan fingerprint density at radius 3 is 2.94 bits per heavy atom. The largest absolute Gasteiger partial charge is 0.496 e. The average molecular weight is 487 g/mol. The molecule has 2 unspecified atom stereocenters. The summed E-state index contributed by atoms with van der Waals surface area (Å²) in [5.41, 5.74) is 7.09. The van der Waals surface area contributed by atoms with Crippen LogP contribution in [0.25, 0.3) is 0 Å². The van der Waals surface area contributed by atoms with E-state index in [4.69, 9.17) is 26.8 Å². The van der Waals surface area contributed by atoms with Gasteiger partial charge in [-0.2, -0.15) is 5.26 Å². The lowest BCUT2D eigenvalue weighted by Gasteiger charge is -2.38. The maximum Gasteiger partial charge on any atom is 0.255 e. The zero-order chi connectivity index (χ0) is 24.7. The van der Waals surface area contributed by atoms with Crippen LogP contribution < -0.4 is 20.7 Å². The van der Waals surface area contributed by atoms with Crippen molar-refractivity contribution in [2.75, 3.05) is 58.1 Å². The number of hydrogen-bond donors (Lipinski definition) is 2. The van der Waals surface area contributed by atoms with Crippen LogP contribution in [-0.2, 0) is 4.74 Å². The number of rotatable bonds is 9. The number of benzene rings is 1. The van der Waals surface area contributed by atoms with E-state index in [1.807, 2.05) is 11.9 Å². The fourth-order valence-corrected chi connectivity index (χ4v) is 4.34. The molecule has 1 aromatic carbocycles. The summed E-state index contributed by atoms with van der Waals surface area (Å²) in [6.45, 7) is 3.19. The number of nitriles is 1. The van der Waals surface area contributed by atoms with Gasteiger partial charge in [-0.3, -0.25) is 4.79 Å². The van der Waals surface area contributed by atoms with Crippen LogP contribution in [-0.4, -0.2) is 75.4 Å². The van der Waals surface area contributed by atoms with Crippen molar-refractivity contribution in [2.24, 2.45) is 0 Å². The lowest BCUT2D eigenvalue weighted by Crippen LogP contribution is -2.55. The molecular formula is C24H31ClN6O3. The number of piperidine rings is 1. The Bertz CT molecular complexity index is 1040. The highest BCUT2D eigenvalue weighted by Crippen LogP contribution is 2.29. The normalized spacial score (nSPS) is 18.2. The van der Waals surface area contributed by atoms with Crippen molar-refractivity contribution in [3.05, 3.63) is 46.6 Å². The molecule has 1 amide bonds. The maximum absolute atomic E-state index is 12.9. The molecule has 10 heteroatoms. The number of hydrogen-bond acceptors (Lipinski definition) is 8. The molecule has 1 aromatic heterocycles. The second-order valence-corrected chi connectivity index (χ2v) is 8.69. The second-order valence-electron chi connectivity index (χ2n) is 8.28. The molecule has 0 radical (unpaired) electrons. The van der Waals surface area contributed by atoms with Gasteiger partial charge in [0.25, 0.3) is 5.91 Å². The first-order chi connectivity index (χ1) is 16.4. The van der Waals surface area contributed by atoms with E-state index < -0.39 is 0 Å². The molecule has 2 aromatic rings. The van der Waals surface area contributed by atoms with Gasteiger partial charge in [0.15, 0.2) is 0 Å². The molecule has 0 bridgehead atoms. The highest BCUT2D eigenvalue weighted by molar-refractivity contribution is 6.33. The summed E-state index contributed by atoms with van der Waals surface area (Å²) < 4.78 is 11.0. The number of carbonyl (C=O) groups is 1. The molecule has 0 saturated carbocycles. The van der Waals surface area contributed by atoms with Crippen LogP contribution in [0.5, 0.6) is 5.75 Å². The summed E-state index contributed by atoms with van der Waals surface area (Å²) in [6, 6.07) is 8.67. The molecule has 1 fully saturated rings. The monoisotopic (exact) mass is 486 g/mol. The predicted octanol–water partition coefficient (Wildman–Crippen LogP) is 2.54. The standard InChI is InChI=1S/C24H31ClN6O3/c1-30(23-16(14-26)6-4-8-28-23)9-5-10-31-11-7-20(22(15-31)34-3)29-24(32)17-12-18(25)19(27)13-21(17)33-2/h4,6,8,12-13,20,22H,5,7,9-11,15,27H2,1-3H3,(H,29,32). The van der Waals surface area contributed by atoms with Gasteiger partial charge in [-0.15, -0.1) is 0 Å². The first-order valence-electron chi connectivity index (χ1n) is 11.1. The summed E-state index contributed by atoms with van der Waals surface area (Å²) in [5, 5.41) is 12.7. The number of methoxy groups -OCH3 is 2. The van der Waals surface area contributed by atoms with Gasteiger partial charge >= 0.3 is 0 Å². The molecule has 1 saturated heterocycles. The van der Waals surface area contributed by atoms with E-state index in [0.717, 1.165) is 32.5 Å². The van der Waals surface area contributed by atoms with Crippen molar-refractivity contribution >= 4 is 29.0 Å². The zero-order valence-electron chi connectivity index (χ0n) is 19.8. The van der Waals surface area contributed by atoms with Crippen molar-refractivity contribution in [2.45, 2.75) is 25.0 Å². The zero-order valence-corrected chi connectivity index (χ0v) is 20.5. The SMILES string of the molecule is COc1cc(N)c(Cl)cc1C(=O)NC1CCN(CCCN(C)c2ncccc2C#N)CC1OC. The fraction of sp³-hybridized carbons (Fsp3) is 0.458. The van der Waals surface area contributed by atoms with Gasteiger partial charge in [0, 0.05) is 46.1 Å². The number of pyridine rings is 1. The van der Waals surface area contributed by atoms with Crippen LogP contribution in [0.4, 0.5) is 11.5 Å². The van der Waals surface area contributed by atoms with Gasteiger partial charge in [-0.1, -0.05) is 11.6 Å². The second kappa shape index (κ2) is 11.9. The number of likely N-dealkylation sites (tertiary alicyclic amines) is 1. The third-order valence-corrected chi connectivity index (χ3v) is 6.39. The minimum atomic E-state index is -0.274. The molecule has 34 heavy (non-hydrogen) atoms. The maximum atomic E-state index is 12.9. The van der Waals surface area contributed by atoms with Crippen molar-refractivity contribution in [3.63, 3.8) is 0 Å². The van der Waals surface area contributed by atoms with E-state index in [1.54, 1.807) is 31.5 Å². The Kier molecular flexibility index (Phi) is 8.93. The highest BCUT2D eigenvalue weighted by atomic mass is 35.5. The van der Waals surface area contributed by atoms with Crippen molar-refractivity contribution in [3.8, 4) is 11.8 Å². The molecule has 2 atom stereocenters. The molecule has 0 spiro atoms. The Hall–Kier alpha value is -3.06. The van der Waals surface area contributed by atoms with Gasteiger partial charge in [0.2, 0.25) is 0 Å². The van der Waals surface area contributed by atoms with Crippen LogP contribution in [0.15, 0.2) is 30.5 Å². The van der Waals surface area contributed by atoms with E-state index in [9.17, 15) is 10.1 Å². The topological polar surface area (TPSA) is 117 Å². The molecule has 2 heterocycles. The molecule has 3 rings (SSSR count). The number of anilines is 2. The summed E-state index contributed by atoms with van der Waals surface area (Å²) in [7, 11) is 5.09. The number of nitrogen functional groups attached to an aromatic ring is 1. The third-order valence-electron chi connectivity index (χ3n) is 6.06. The van der Waals surface area contributed by atoms with Gasteiger partial charge in [-0.05, 0) is 37.6 Å². The van der Waals surface area contributed by atoms with Gasteiger partial charge in [0.1, 0.15) is 17.6 Å². The van der Waals surface area contributed by atoms with E-state index in [1.165, 1.54) is 13.2 Å². The number of nitrogens with two attached hydrogens (primary N) is 1. The minimum absolute atomic E-state index is 0.135. The van der Waals surface area contributed by atoms with Crippen LogP contribution >= 0.6 is 11.6 Å². The number of nitrogens with one attached hydrogen (secondary N) is 1. The molecule has 3 N–H and O–H groups in total. The van der Waals surface area contributed by atoms with Gasteiger partial charge in [-0.25, -0.2) is 4.98 Å². The smallest absolute Gasteiger partial charge is 0.255 e. The Labute approximate surface area is 205 Å². The van der Waals surface area contributed by atoms with Crippen LogP contribution in [0, 0.1) is 11.3 Å². The Morgan fingerprint density at radius 1 is 1.44 bits per heavy atom. The lowest BCUT2D eigenvalue weighted by atomic mass is 10.0. The Balaban J connectivity index is 1.53. The van der Waals surface area contributed by atoms with E-state index in [2.05, 4.69) is 21.3 Å². The first-order valence-corrected chi connectivity index (χ1v) is 11.5. The predicted molar refractivity (Wildman–Crippen MR) is 132 cm³/mol. The molecular weight excluding hydrogens is 456 g/mol. The molecule has 182 valence electrons. The van der Waals surface area contributed by atoms with Crippen molar-refractivity contribution in [1.82, 2.24) is 15.2 Å². The Morgan fingerprint density at radius 2 is 2.24 bits per heavy atom. The van der Waals surface area contributed by atoms with Crippen molar-refractivity contribution in [1.29, 1.82) is 5.26 Å². The molecule has 0 aliphatic carbocycles. The van der Waals surface area contributed by atoms with Crippen LogP contribution in [0.2, 0.25) is 5.02 Å². The minimum Gasteiger partial charge on any atom is -0.496 e. The van der Waals surface area contributed by atoms with Crippen LogP contribution in [0.3, 0.4) is 0 Å². The van der Waals surface area contributed by atoms with E-state index in [-0.39, 0.29) is 18.1 Å². The summed E-state index contributed by atoms with van der Waals surface area (Å²) in [4.78, 5) is 21.6. The van der Waals surface area contributed by atoms with Crippen LogP contribution in [0.1, 0.15) is 28.8 Å². The van der Waals surface area contributed by atoms with E-state index in [0.29, 0.717) is 39.9 Å². The number of aromatic nitrogens is 1. The summed E-state index contributed by atoms with van der Waals surface area (Å²) >= 11 is 6.12. The summed E-state index contributed by atoms with van der Waals surface area (Å²) in [5.74, 6) is 0.798. The number of nitrogens with zero attached hydrogens (tertiary/aromatic N) is 4. The number of amides is 1. The molecule has 1 aliphatic rings. The van der Waals surface area contributed by atoms with Gasteiger partial charge in [0.05, 0.1) is 41.1 Å². The van der Waals surface area contributed by atoms with Gasteiger partial charge < -0.3 is 30.3 Å². The first kappa shape index (κ1) is 25.6. The number of carbonyl (C=O) groups excluding carboxylic acids is 1. The molecule has 9 nitrogen and oxygen atoms in total. The lowest BCUT2D eigenvalue weighted by molar-refractivity contribution is 0.00629. The fourth-order valence-electron chi connectivity index (χ4n) is 4.17. The third kappa shape index (κ3) is 6.08. The van der Waals surface area contributed by atoms with E-state index >= 15 is 0 Å². The summed E-state index contributed by atoms with van der Waals surface area (Å²) in [6.07, 6.45) is 3.21. The quantitative estimate of drug-likeness (QED) is 0.519. The molecule has 1 aliphatic heterocycles. The average Bonchev–Trinajstić information content (AvgIpc) is 2.85. The highest BCUT2D eigenvalue weighted by Gasteiger charge is 2.31. The number of ether oxygens (including phenoxy) is 2. The van der Waals surface area contributed by atoms with Crippen molar-refractivity contribution < 1.29 is 14.3 Å².